The summed E-state index contributed by atoms with van der Waals surface area (Å²) < 4.78 is 5.12. The van der Waals surface area contributed by atoms with Crippen molar-refractivity contribution in [2.24, 2.45) is 0 Å². The monoisotopic (exact) mass is 421 g/mol. The highest BCUT2D eigenvalue weighted by Gasteiger charge is 2.13. The molecule has 2 aromatic heterocycles. The van der Waals surface area contributed by atoms with E-state index in [-0.39, 0.29) is 24.5 Å². The third-order valence-electron chi connectivity index (χ3n) is 4.97. The van der Waals surface area contributed by atoms with E-state index in [1.54, 1.807) is 19.4 Å². The van der Waals surface area contributed by atoms with Gasteiger partial charge in [-0.2, -0.15) is 0 Å². The summed E-state index contributed by atoms with van der Waals surface area (Å²) in [5.41, 5.74) is 3.13. The van der Waals surface area contributed by atoms with E-state index in [9.17, 15) is 9.59 Å². The molecule has 0 bridgehead atoms. The van der Waals surface area contributed by atoms with Crippen molar-refractivity contribution in [3.8, 4) is 5.75 Å². The second kappa shape index (κ2) is 8.55. The standard InChI is InChI=1S/C23H20ClN3O3/c1-30-17-5-2-14(3-6-17)12-25-22(29)9-8-21(28)15-4-7-20-18(10-15)19-11-16(24)13-26-23(19)27-20/h2-7,10-11,13H,8-9,12H2,1H3,(H,25,29)(H,26,27). The molecule has 152 valence electrons. The molecule has 0 atom stereocenters. The summed E-state index contributed by atoms with van der Waals surface area (Å²) in [5.74, 6) is 0.519. The number of hydrogen-bond acceptors (Lipinski definition) is 4. The van der Waals surface area contributed by atoms with Gasteiger partial charge in [-0.25, -0.2) is 4.98 Å². The van der Waals surface area contributed by atoms with E-state index in [0.717, 1.165) is 33.2 Å². The van der Waals surface area contributed by atoms with Crippen LogP contribution < -0.4 is 10.1 Å². The van der Waals surface area contributed by atoms with Crippen molar-refractivity contribution >= 4 is 45.2 Å². The predicted molar refractivity (Wildman–Crippen MR) is 117 cm³/mol. The maximum absolute atomic E-state index is 12.6. The number of aromatic amines is 1. The smallest absolute Gasteiger partial charge is 0.220 e. The highest BCUT2D eigenvalue weighted by atomic mass is 35.5. The van der Waals surface area contributed by atoms with Gasteiger partial charge in [-0.15, -0.1) is 0 Å². The van der Waals surface area contributed by atoms with Gasteiger partial charge >= 0.3 is 0 Å². The maximum Gasteiger partial charge on any atom is 0.220 e. The highest BCUT2D eigenvalue weighted by Crippen LogP contribution is 2.27. The average molecular weight is 422 g/mol. The Bertz CT molecular complexity index is 1230. The Labute approximate surface area is 178 Å². The molecule has 0 aliphatic rings. The van der Waals surface area contributed by atoms with Crippen molar-refractivity contribution in [1.82, 2.24) is 15.3 Å². The number of carbonyl (C=O) groups excluding carboxylic acids is 2. The van der Waals surface area contributed by atoms with Crippen LogP contribution in [-0.4, -0.2) is 28.8 Å². The van der Waals surface area contributed by atoms with E-state index < -0.39 is 0 Å². The first-order valence-corrected chi connectivity index (χ1v) is 9.91. The summed E-state index contributed by atoms with van der Waals surface area (Å²) in [6, 6.07) is 14.7. The molecule has 6 nitrogen and oxygen atoms in total. The van der Waals surface area contributed by atoms with Gasteiger partial charge in [-0.1, -0.05) is 23.7 Å². The number of H-pyrrole nitrogens is 1. The molecule has 7 heteroatoms. The van der Waals surface area contributed by atoms with Gasteiger partial charge in [-0.05, 0) is 42.0 Å². The summed E-state index contributed by atoms with van der Waals surface area (Å²) in [6.07, 6.45) is 1.85. The number of nitrogens with one attached hydrogen (secondary N) is 2. The van der Waals surface area contributed by atoms with Gasteiger partial charge in [0.15, 0.2) is 5.78 Å². The van der Waals surface area contributed by atoms with Gasteiger partial charge in [-0.3, -0.25) is 9.59 Å². The van der Waals surface area contributed by atoms with Crippen LogP contribution in [-0.2, 0) is 11.3 Å². The molecule has 0 fully saturated rings. The number of ketones is 1. The van der Waals surface area contributed by atoms with Gasteiger partial charge in [0.2, 0.25) is 5.91 Å². The van der Waals surface area contributed by atoms with E-state index >= 15 is 0 Å². The quantitative estimate of drug-likeness (QED) is 0.425. The maximum atomic E-state index is 12.6. The molecule has 0 spiro atoms. The minimum atomic E-state index is -0.164. The second-order valence-corrected chi connectivity index (χ2v) is 7.42. The van der Waals surface area contributed by atoms with Crippen molar-refractivity contribution in [1.29, 1.82) is 0 Å². The van der Waals surface area contributed by atoms with Gasteiger partial charge in [0, 0.05) is 47.4 Å². The highest BCUT2D eigenvalue weighted by molar-refractivity contribution is 6.31. The normalized spacial score (nSPS) is 11.0. The molecule has 30 heavy (non-hydrogen) atoms. The number of Topliss-reactive ketones (excluding diaryl/α,β-unsaturated/α-hetero) is 1. The van der Waals surface area contributed by atoms with Crippen LogP contribution in [0.3, 0.4) is 0 Å². The fourth-order valence-corrected chi connectivity index (χ4v) is 3.48. The number of carbonyl (C=O) groups is 2. The largest absolute Gasteiger partial charge is 0.497 e. The molecule has 2 aromatic carbocycles. The topological polar surface area (TPSA) is 84.1 Å². The minimum absolute atomic E-state index is 0.0826. The number of benzene rings is 2. The fourth-order valence-electron chi connectivity index (χ4n) is 3.33. The van der Waals surface area contributed by atoms with E-state index in [2.05, 4.69) is 15.3 Å². The molecule has 0 saturated carbocycles. The zero-order valence-electron chi connectivity index (χ0n) is 16.4. The predicted octanol–water partition coefficient (Wildman–Crippen LogP) is 4.66. The summed E-state index contributed by atoms with van der Waals surface area (Å²) in [5, 5.41) is 5.12. The number of halogens is 1. The number of nitrogens with zero attached hydrogens (tertiary/aromatic N) is 1. The Hall–Kier alpha value is -3.38. The Morgan fingerprint density at radius 3 is 2.63 bits per heavy atom. The number of aromatic nitrogens is 2. The number of amides is 1. The molecular weight excluding hydrogens is 402 g/mol. The van der Waals surface area contributed by atoms with Crippen LogP contribution in [0.4, 0.5) is 0 Å². The molecule has 0 radical (unpaired) electrons. The van der Waals surface area contributed by atoms with Gasteiger partial charge in [0.05, 0.1) is 12.1 Å². The average Bonchev–Trinajstić information content (AvgIpc) is 3.13. The van der Waals surface area contributed by atoms with Crippen LogP contribution in [0, 0.1) is 0 Å². The van der Waals surface area contributed by atoms with Crippen LogP contribution >= 0.6 is 11.6 Å². The van der Waals surface area contributed by atoms with Gasteiger partial charge in [0.1, 0.15) is 11.4 Å². The minimum Gasteiger partial charge on any atom is -0.497 e. The van der Waals surface area contributed by atoms with E-state index in [1.807, 2.05) is 42.5 Å². The van der Waals surface area contributed by atoms with E-state index in [1.165, 1.54) is 0 Å². The van der Waals surface area contributed by atoms with E-state index in [4.69, 9.17) is 16.3 Å². The zero-order chi connectivity index (χ0) is 21.1. The molecule has 0 aliphatic heterocycles. The van der Waals surface area contributed by atoms with Crippen LogP contribution in [0.2, 0.25) is 5.02 Å². The van der Waals surface area contributed by atoms with Crippen molar-refractivity contribution in [3.05, 3.63) is 70.9 Å². The lowest BCUT2D eigenvalue weighted by Gasteiger charge is -2.06. The zero-order valence-corrected chi connectivity index (χ0v) is 17.1. The SMILES string of the molecule is COc1ccc(CNC(=O)CCC(=O)c2ccc3[nH]c4ncc(Cl)cc4c3c2)cc1. The number of hydrogen-bond donors (Lipinski definition) is 2. The molecule has 2 heterocycles. The van der Waals surface area contributed by atoms with Crippen LogP contribution in [0.1, 0.15) is 28.8 Å². The third kappa shape index (κ3) is 4.28. The van der Waals surface area contributed by atoms with Crippen LogP contribution in [0.5, 0.6) is 5.75 Å². The van der Waals surface area contributed by atoms with E-state index in [0.29, 0.717) is 17.1 Å². The molecule has 4 aromatic rings. The molecular formula is C23H20ClN3O3. The fraction of sp³-hybridized carbons (Fsp3) is 0.174. The first kappa shape index (κ1) is 19.9. The van der Waals surface area contributed by atoms with Crippen molar-refractivity contribution in [2.75, 3.05) is 7.11 Å². The first-order valence-electron chi connectivity index (χ1n) is 9.53. The Morgan fingerprint density at radius 1 is 1.07 bits per heavy atom. The molecule has 0 aliphatic carbocycles. The molecule has 0 saturated heterocycles. The lowest BCUT2D eigenvalue weighted by Crippen LogP contribution is -2.23. The summed E-state index contributed by atoms with van der Waals surface area (Å²) in [4.78, 5) is 32.2. The second-order valence-electron chi connectivity index (χ2n) is 6.98. The van der Waals surface area contributed by atoms with Crippen molar-refractivity contribution in [2.45, 2.75) is 19.4 Å². The van der Waals surface area contributed by atoms with Crippen molar-refractivity contribution < 1.29 is 14.3 Å². The molecule has 1 amide bonds. The summed E-state index contributed by atoms with van der Waals surface area (Å²) >= 11 is 6.06. The number of methoxy groups -OCH3 is 1. The van der Waals surface area contributed by atoms with Gasteiger partial charge < -0.3 is 15.0 Å². The van der Waals surface area contributed by atoms with Gasteiger partial charge in [0.25, 0.3) is 0 Å². The summed E-state index contributed by atoms with van der Waals surface area (Å²) in [6.45, 7) is 0.409. The number of ether oxygens (including phenoxy) is 1. The number of pyridine rings is 1. The summed E-state index contributed by atoms with van der Waals surface area (Å²) in [7, 11) is 1.61. The Morgan fingerprint density at radius 2 is 1.87 bits per heavy atom. The lowest BCUT2D eigenvalue weighted by atomic mass is 10.0. The number of fused-ring (bicyclic) bond motifs is 3. The third-order valence-corrected chi connectivity index (χ3v) is 5.17. The Balaban J connectivity index is 1.38. The van der Waals surface area contributed by atoms with Crippen molar-refractivity contribution in [3.63, 3.8) is 0 Å². The molecule has 2 N–H and O–H groups in total. The Kier molecular flexibility index (Phi) is 5.68. The molecule has 4 rings (SSSR count). The van der Waals surface area contributed by atoms with Crippen LogP contribution in [0.15, 0.2) is 54.7 Å². The number of rotatable bonds is 7. The molecule has 0 unspecified atom stereocenters. The lowest BCUT2D eigenvalue weighted by molar-refractivity contribution is -0.121. The van der Waals surface area contributed by atoms with Crippen LogP contribution in [0.25, 0.3) is 21.9 Å². The first-order chi connectivity index (χ1) is 14.5.